The topological polar surface area (TPSA) is 86.3 Å². The molecule has 21 heavy (non-hydrogen) atoms. The molecule has 0 atom stereocenters. The number of hydrogen-bond acceptors (Lipinski definition) is 4. The fourth-order valence-electron chi connectivity index (χ4n) is 2.35. The SMILES string of the molecule is Cc1cccc([N+](=O)[O-])[c]1[Hg][c]1c(C)cccc1[N+](=O)[O-]. The van der Waals surface area contributed by atoms with Crippen molar-refractivity contribution < 1.29 is 34.4 Å². The first-order valence-electron chi connectivity index (χ1n) is 6.37. The van der Waals surface area contributed by atoms with Gasteiger partial charge < -0.3 is 0 Å². The Kier molecular flexibility index (Phi) is 4.67. The maximum atomic E-state index is 11.2. The van der Waals surface area contributed by atoms with Crippen LogP contribution in [0.3, 0.4) is 0 Å². The van der Waals surface area contributed by atoms with Crippen molar-refractivity contribution in [3.63, 3.8) is 0 Å². The zero-order chi connectivity index (χ0) is 15.6. The van der Waals surface area contributed by atoms with Gasteiger partial charge in [-0.15, -0.1) is 0 Å². The quantitative estimate of drug-likeness (QED) is 0.387. The average molecular weight is 473 g/mol. The molecule has 0 aliphatic rings. The molecule has 0 bridgehead atoms. The number of hydrogen-bond donors (Lipinski definition) is 0. The summed E-state index contributed by atoms with van der Waals surface area (Å²) in [5.74, 6) is 0. The molecule has 0 fully saturated rings. The van der Waals surface area contributed by atoms with Crippen LogP contribution < -0.4 is 6.14 Å². The second-order valence-corrected chi connectivity index (χ2v) is 11.7. The van der Waals surface area contributed by atoms with Crippen LogP contribution in [-0.4, -0.2) is 9.85 Å². The van der Waals surface area contributed by atoms with Gasteiger partial charge in [0.15, 0.2) is 0 Å². The zero-order valence-electron chi connectivity index (χ0n) is 11.7. The summed E-state index contributed by atoms with van der Waals surface area (Å²) in [6, 6.07) is 9.91. The van der Waals surface area contributed by atoms with Crippen molar-refractivity contribution in [2.24, 2.45) is 0 Å². The van der Waals surface area contributed by atoms with Crippen LogP contribution in [0.5, 0.6) is 0 Å². The second-order valence-electron chi connectivity index (χ2n) is 4.84. The summed E-state index contributed by atoms with van der Waals surface area (Å²) in [5, 5.41) is 22.4. The van der Waals surface area contributed by atoms with Crippen molar-refractivity contribution in [2.45, 2.75) is 13.8 Å². The van der Waals surface area contributed by atoms with E-state index in [2.05, 4.69) is 0 Å². The number of rotatable bonds is 4. The number of nitrogens with zero attached hydrogens (tertiary/aromatic N) is 2. The summed E-state index contributed by atoms with van der Waals surface area (Å²) in [4.78, 5) is 21.6. The van der Waals surface area contributed by atoms with Crippen LogP contribution in [0.4, 0.5) is 11.4 Å². The van der Waals surface area contributed by atoms with Gasteiger partial charge in [0.2, 0.25) is 0 Å². The summed E-state index contributed by atoms with van der Waals surface area (Å²) in [7, 11) is 0. The van der Waals surface area contributed by atoms with Gasteiger partial charge in [0.05, 0.1) is 0 Å². The van der Waals surface area contributed by atoms with Gasteiger partial charge in [0.1, 0.15) is 0 Å². The van der Waals surface area contributed by atoms with E-state index >= 15 is 0 Å². The molecule has 2 aromatic carbocycles. The van der Waals surface area contributed by atoms with Crippen molar-refractivity contribution >= 4 is 17.5 Å². The Morgan fingerprint density at radius 2 is 1.19 bits per heavy atom. The number of benzene rings is 2. The predicted octanol–water partition coefficient (Wildman–Crippen LogP) is 2.15. The molecule has 2 aromatic rings. The van der Waals surface area contributed by atoms with E-state index in [0.29, 0.717) is 0 Å². The molecule has 0 N–H and O–H groups in total. The molecule has 0 aliphatic heterocycles. The average Bonchev–Trinajstić information content (AvgIpc) is 2.42. The number of aryl methyl sites for hydroxylation is 2. The summed E-state index contributed by atoms with van der Waals surface area (Å²) in [6.07, 6.45) is 0. The van der Waals surface area contributed by atoms with Crippen LogP contribution >= 0.6 is 0 Å². The molecule has 0 spiro atoms. The normalized spacial score (nSPS) is 10.0. The van der Waals surface area contributed by atoms with Crippen LogP contribution in [0.25, 0.3) is 0 Å². The van der Waals surface area contributed by atoms with Crippen LogP contribution in [0.15, 0.2) is 36.4 Å². The minimum absolute atomic E-state index is 0.0919. The van der Waals surface area contributed by atoms with Crippen molar-refractivity contribution in [1.82, 2.24) is 0 Å². The van der Waals surface area contributed by atoms with E-state index in [9.17, 15) is 20.2 Å². The molecule has 7 heteroatoms. The predicted molar refractivity (Wildman–Crippen MR) is 74.9 cm³/mol. The third kappa shape index (κ3) is 3.26. The standard InChI is InChI=1S/2C7H6NO2.Hg/c2*1-6-3-2-4-7(5-6)8(9)10;/h2*2-4H,1H3;. The van der Waals surface area contributed by atoms with Gasteiger partial charge >= 0.3 is 134 Å². The van der Waals surface area contributed by atoms with Gasteiger partial charge in [-0.2, -0.15) is 0 Å². The molecule has 0 saturated heterocycles. The van der Waals surface area contributed by atoms with E-state index in [1.54, 1.807) is 12.1 Å². The molecular formula is C14H12HgN2O4. The van der Waals surface area contributed by atoms with Crippen molar-refractivity contribution in [3.8, 4) is 0 Å². The van der Waals surface area contributed by atoms with Crippen molar-refractivity contribution in [2.75, 3.05) is 0 Å². The first kappa shape index (κ1) is 15.6. The monoisotopic (exact) mass is 474 g/mol. The van der Waals surface area contributed by atoms with E-state index in [0.717, 1.165) is 17.3 Å². The Morgan fingerprint density at radius 1 is 0.810 bits per heavy atom. The summed E-state index contributed by atoms with van der Waals surface area (Å²) >= 11 is -2.21. The summed E-state index contributed by atoms with van der Waals surface area (Å²) < 4.78 is 1.47. The molecule has 0 unspecified atom stereocenters. The Hall–Kier alpha value is -1.82. The molecule has 0 aliphatic carbocycles. The second kappa shape index (κ2) is 6.30. The van der Waals surface area contributed by atoms with Gasteiger partial charge in [-0.1, -0.05) is 0 Å². The van der Waals surface area contributed by atoms with E-state index < -0.39 is 34.4 Å². The molecule has 0 heterocycles. The van der Waals surface area contributed by atoms with Gasteiger partial charge in [-0.05, 0) is 0 Å². The molecular weight excluding hydrogens is 461 g/mol. The fourth-order valence-corrected chi connectivity index (χ4v) is 10.1. The molecule has 2 rings (SSSR count). The van der Waals surface area contributed by atoms with Gasteiger partial charge in [-0.25, -0.2) is 0 Å². The Balaban J connectivity index is 2.59. The summed E-state index contributed by atoms with van der Waals surface area (Å²) in [5.41, 5.74) is 1.88. The van der Waals surface area contributed by atoms with Crippen LogP contribution in [0, 0.1) is 34.1 Å². The molecule has 6 nitrogen and oxygen atoms in total. The summed E-state index contributed by atoms with van der Waals surface area (Å²) in [6.45, 7) is 3.65. The molecule has 104 valence electrons. The van der Waals surface area contributed by atoms with Crippen LogP contribution in [0.2, 0.25) is 0 Å². The molecule has 0 aromatic heterocycles. The zero-order valence-corrected chi connectivity index (χ0v) is 17.2. The fraction of sp³-hybridized carbons (Fsp3) is 0.143. The van der Waals surface area contributed by atoms with E-state index in [4.69, 9.17) is 0 Å². The first-order valence-corrected chi connectivity index (χ1v) is 11.9. The van der Waals surface area contributed by atoms with E-state index in [1.165, 1.54) is 12.1 Å². The molecule has 0 radical (unpaired) electrons. The molecule has 0 saturated carbocycles. The Labute approximate surface area is 133 Å². The maximum absolute atomic E-state index is 11.2. The van der Waals surface area contributed by atoms with Crippen molar-refractivity contribution in [3.05, 3.63) is 67.8 Å². The number of nitro benzene ring substituents is 2. The van der Waals surface area contributed by atoms with Gasteiger partial charge in [0, 0.05) is 0 Å². The minimum atomic E-state index is -2.21. The van der Waals surface area contributed by atoms with E-state index in [1.807, 2.05) is 26.0 Å². The third-order valence-corrected chi connectivity index (χ3v) is 13.4. The van der Waals surface area contributed by atoms with Gasteiger partial charge in [0.25, 0.3) is 0 Å². The Morgan fingerprint density at radius 3 is 1.52 bits per heavy atom. The Bertz CT molecular complexity index is 669. The van der Waals surface area contributed by atoms with Crippen LogP contribution in [-0.2, 0) is 24.6 Å². The van der Waals surface area contributed by atoms with E-state index in [-0.39, 0.29) is 11.4 Å². The van der Waals surface area contributed by atoms with Crippen molar-refractivity contribution in [1.29, 1.82) is 0 Å². The van der Waals surface area contributed by atoms with Gasteiger partial charge in [-0.3, -0.25) is 0 Å². The van der Waals surface area contributed by atoms with Crippen LogP contribution in [0.1, 0.15) is 11.1 Å². The third-order valence-electron chi connectivity index (χ3n) is 3.52. The number of nitro groups is 2. The first-order chi connectivity index (χ1) is 9.91. The molecule has 0 amide bonds.